The molecule has 2 N–H and O–H groups in total. The number of carbonyl (C=O) groups is 2. The molecule has 2 amide bonds. The number of nitro benzene ring substituents is 1. The van der Waals surface area contributed by atoms with Crippen molar-refractivity contribution in [2.24, 2.45) is 5.10 Å². The van der Waals surface area contributed by atoms with Crippen molar-refractivity contribution < 1.29 is 14.5 Å². The van der Waals surface area contributed by atoms with E-state index in [4.69, 9.17) is 0 Å². The fourth-order valence-corrected chi connectivity index (χ4v) is 4.12. The van der Waals surface area contributed by atoms with Crippen molar-refractivity contribution in [1.29, 1.82) is 0 Å². The molecule has 0 aromatic heterocycles. The molecule has 0 spiro atoms. The van der Waals surface area contributed by atoms with Crippen molar-refractivity contribution in [1.82, 2.24) is 5.43 Å². The van der Waals surface area contributed by atoms with Crippen molar-refractivity contribution in [2.45, 2.75) is 0 Å². The Bertz CT molecular complexity index is 1640. The zero-order valence-corrected chi connectivity index (χ0v) is 19.4. The topological polar surface area (TPSA) is 114 Å². The normalized spacial score (nSPS) is 11.0. The van der Waals surface area contributed by atoms with Crippen LogP contribution in [0.25, 0.3) is 21.5 Å². The number of hydrogen-bond donors (Lipinski definition) is 2. The molecule has 8 heteroatoms. The van der Waals surface area contributed by atoms with E-state index in [0.717, 1.165) is 27.1 Å². The Balaban J connectivity index is 1.37. The minimum Gasteiger partial charge on any atom is -0.321 e. The highest BCUT2D eigenvalue weighted by Gasteiger charge is 2.15. The summed E-state index contributed by atoms with van der Waals surface area (Å²) in [4.78, 5) is 36.0. The predicted molar refractivity (Wildman–Crippen MR) is 144 cm³/mol. The third-order valence-corrected chi connectivity index (χ3v) is 5.93. The summed E-state index contributed by atoms with van der Waals surface area (Å²) in [5.41, 5.74) is 4.05. The monoisotopic (exact) mass is 488 g/mol. The van der Waals surface area contributed by atoms with Gasteiger partial charge in [-0.25, -0.2) is 5.43 Å². The lowest BCUT2D eigenvalue weighted by Gasteiger charge is -2.10. The largest absolute Gasteiger partial charge is 0.321 e. The van der Waals surface area contributed by atoms with E-state index in [-0.39, 0.29) is 22.5 Å². The second kappa shape index (κ2) is 10.1. The van der Waals surface area contributed by atoms with Crippen LogP contribution >= 0.6 is 0 Å². The van der Waals surface area contributed by atoms with Gasteiger partial charge in [0.05, 0.1) is 22.4 Å². The number of amides is 2. The number of anilines is 1. The van der Waals surface area contributed by atoms with Crippen molar-refractivity contribution in [3.8, 4) is 0 Å². The number of para-hydroxylation sites is 1. The number of hydrogen-bond acceptors (Lipinski definition) is 5. The van der Waals surface area contributed by atoms with E-state index in [9.17, 15) is 19.7 Å². The van der Waals surface area contributed by atoms with E-state index in [1.54, 1.807) is 30.5 Å². The first-order valence-electron chi connectivity index (χ1n) is 11.4. The molecule has 8 nitrogen and oxygen atoms in total. The second-order valence-corrected chi connectivity index (χ2v) is 8.24. The molecule has 0 heterocycles. The third-order valence-electron chi connectivity index (χ3n) is 5.93. The zero-order valence-electron chi connectivity index (χ0n) is 19.4. The van der Waals surface area contributed by atoms with Crippen molar-refractivity contribution >= 4 is 50.9 Å². The number of benzene rings is 5. The molecule has 0 saturated carbocycles. The van der Waals surface area contributed by atoms with E-state index in [1.165, 1.54) is 24.3 Å². The lowest BCUT2D eigenvalue weighted by atomic mass is 9.97. The molecule has 0 fully saturated rings. The standard InChI is InChI=1S/C29H20N4O4/c34-28(19-13-15-22(16-14-19)33(36)37)31-27-12-6-5-11-25(27)29(35)32-30-18-26-23-9-3-1-7-20(23)17-21-8-2-4-10-24(21)26/h1-18H,(H,31,34)(H,32,35)/b30-18-. The van der Waals surface area contributed by atoms with Crippen molar-refractivity contribution in [3.63, 3.8) is 0 Å². The minimum absolute atomic E-state index is 0.117. The van der Waals surface area contributed by atoms with E-state index >= 15 is 0 Å². The highest BCUT2D eigenvalue weighted by Crippen LogP contribution is 2.27. The summed E-state index contributed by atoms with van der Waals surface area (Å²) in [7, 11) is 0. The fraction of sp³-hybridized carbons (Fsp3) is 0. The minimum atomic E-state index is -0.539. The van der Waals surface area contributed by atoms with Crippen LogP contribution in [0.3, 0.4) is 0 Å². The van der Waals surface area contributed by atoms with E-state index in [1.807, 2.05) is 48.5 Å². The van der Waals surface area contributed by atoms with Gasteiger partial charge in [0, 0.05) is 23.3 Å². The first-order valence-corrected chi connectivity index (χ1v) is 11.4. The summed E-state index contributed by atoms with van der Waals surface area (Å²) in [6.07, 6.45) is 1.63. The SMILES string of the molecule is O=C(Nc1ccccc1C(=O)N/N=C\c1c2ccccc2cc2ccccc12)c1ccc([N+](=O)[O-])cc1. The number of hydrazone groups is 1. The number of carbonyl (C=O) groups excluding carboxylic acids is 2. The number of non-ortho nitro benzene ring substituents is 1. The Morgan fingerprint density at radius 3 is 2.00 bits per heavy atom. The summed E-state index contributed by atoms with van der Waals surface area (Å²) in [5, 5.41) is 21.9. The van der Waals surface area contributed by atoms with Gasteiger partial charge in [0.1, 0.15) is 0 Å². The van der Waals surface area contributed by atoms with Crippen LogP contribution in [0, 0.1) is 10.1 Å². The summed E-state index contributed by atoms with van der Waals surface area (Å²) >= 11 is 0. The smallest absolute Gasteiger partial charge is 0.273 e. The van der Waals surface area contributed by atoms with Gasteiger partial charge < -0.3 is 5.32 Å². The quantitative estimate of drug-likeness (QED) is 0.134. The Morgan fingerprint density at radius 2 is 1.35 bits per heavy atom. The molecule has 0 unspecified atom stereocenters. The molecule has 5 rings (SSSR count). The number of rotatable bonds is 6. The van der Waals surface area contributed by atoms with Gasteiger partial charge in [0.15, 0.2) is 0 Å². The van der Waals surface area contributed by atoms with E-state index in [2.05, 4.69) is 21.9 Å². The van der Waals surface area contributed by atoms with Gasteiger partial charge >= 0.3 is 0 Å². The summed E-state index contributed by atoms with van der Waals surface area (Å²) in [6.45, 7) is 0. The van der Waals surface area contributed by atoms with Crippen LogP contribution in [-0.4, -0.2) is 23.0 Å². The van der Waals surface area contributed by atoms with Crippen LogP contribution in [0.2, 0.25) is 0 Å². The van der Waals surface area contributed by atoms with E-state index < -0.39 is 16.7 Å². The number of fused-ring (bicyclic) bond motifs is 2. The molecule has 0 bridgehead atoms. The van der Waals surface area contributed by atoms with Gasteiger partial charge in [0.2, 0.25) is 0 Å². The lowest BCUT2D eigenvalue weighted by Crippen LogP contribution is -2.21. The predicted octanol–water partition coefficient (Wildman–Crippen LogP) is 5.92. The molecular weight excluding hydrogens is 468 g/mol. The molecule has 37 heavy (non-hydrogen) atoms. The van der Waals surface area contributed by atoms with Crippen molar-refractivity contribution in [3.05, 3.63) is 130 Å². The molecule has 0 aliphatic heterocycles. The summed E-state index contributed by atoms with van der Waals surface area (Å²) in [6, 6.07) is 29.8. The van der Waals surface area contributed by atoms with Crippen LogP contribution in [0.1, 0.15) is 26.3 Å². The fourth-order valence-electron chi connectivity index (χ4n) is 4.12. The van der Waals surface area contributed by atoms with E-state index in [0.29, 0.717) is 0 Å². The Kier molecular flexibility index (Phi) is 6.37. The molecule has 0 atom stereocenters. The van der Waals surface area contributed by atoms with Crippen LogP contribution in [0.4, 0.5) is 11.4 Å². The second-order valence-electron chi connectivity index (χ2n) is 8.24. The highest BCUT2D eigenvalue weighted by atomic mass is 16.6. The average Bonchev–Trinajstić information content (AvgIpc) is 2.93. The Hall–Kier alpha value is -5.37. The van der Waals surface area contributed by atoms with Gasteiger partial charge in [-0.2, -0.15) is 5.10 Å². The van der Waals surface area contributed by atoms with Crippen LogP contribution < -0.4 is 10.7 Å². The van der Waals surface area contributed by atoms with Gasteiger partial charge in [-0.15, -0.1) is 0 Å². The molecule has 5 aromatic rings. The first kappa shape index (κ1) is 23.4. The maximum Gasteiger partial charge on any atom is 0.273 e. The summed E-state index contributed by atoms with van der Waals surface area (Å²) < 4.78 is 0. The maximum absolute atomic E-state index is 13.0. The lowest BCUT2D eigenvalue weighted by molar-refractivity contribution is -0.384. The molecular formula is C29H20N4O4. The van der Waals surface area contributed by atoms with Gasteiger partial charge in [0.25, 0.3) is 17.5 Å². The average molecular weight is 489 g/mol. The zero-order chi connectivity index (χ0) is 25.8. The molecule has 0 radical (unpaired) electrons. The Morgan fingerprint density at radius 1 is 0.757 bits per heavy atom. The molecule has 0 aliphatic carbocycles. The van der Waals surface area contributed by atoms with Gasteiger partial charge in [-0.05, 0) is 51.9 Å². The Labute approximate surface area is 211 Å². The van der Waals surface area contributed by atoms with Crippen LogP contribution in [0.5, 0.6) is 0 Å². The maximum atomic E-state index is 13.0. The first-order chi connectivity index (χ1) is 18.0. The molecule has 180 valence electrons. The number of nitrogens with zero attached hydrogens (tertiary/aromatic N) is 2. The van der Waals surface area contributed by atoms with Gasteiger partial charge in [-0.3, -0.25) is 19.7 Å². The van der Waals surface area contributed by atoms with Crippen molar-refractivity contribution in [2.75, 3.05) is 5.32 Å². The number of nitrogens with one attached hydrogen (secondary N) is 2. The van der Waals surface area contributed by atoms with Gasteiger partial charge in [-0.1, -0.05) is 60.7 Å². The van der Waals surface area contributed by atoms with Crippen LogP contribution in [-0.2, 0) is 0 Å². The number of nitro groups is 1. The molecule has 0 saturated heterocycles. The highest BCUT2D eigenvalue weighted by molar-refractivity contribution is 6.14. The molecule has 0 aliphatic rings. The third kappa shape index (κ3) is 4.89. The van der Waals surface area contributed by atoms with Crippen LogP contribution in [0.15, 0.2) is 108 Å². The summed E-state index contributed by atoms with van der Waals surface area (Å²) in [5.74, 6) is -0.999. The molecule has 5 aromatic carbocycles.